The Hall–Kier alpha value is -3.82. The Kier molecular flexibility index (Phi) is 4.22. The van der Waals surface area contributed by atoms with Crippen molar-refractivity contribution in [2.75, 3.05) is 5.32 Å². The average molecular weight is 384 g/mol. The fourth-order valence-electron chi connectivity index (χ4n) is 2.71. The maximum atomic E-state index is 13.3. The maximum absolute atomic E-state index is 13.3. The van der Waals surface area contributed by atoms with Crippen molar-refractivity contribution >= 4 is 17.4 Å². The molecular weight excluding hydrogens is 373 g/mol. The van der Waals surface area contributed by atoms with Gasteiger partial charge in [-0.15, -0.1) is 5.10 Å². The van der Waals surface area contributed by atoms with Crippen LogP contribution in [0.15, 0.2) is 61.2 Å². The summed E-state index contributed by atoms with van der Waals surface area (Å²) in [6, 6.07) is 8.26. The van der Waals surface area contributed by atoms with Crippen LogP contribution in [0, 0.1) is 0 Å². The van der Waals surface area contributed by atoms with Crippen LogP contribution in [0.3, 0.4) is 0 Å². The summed E-state index contributed by atoms with van der Waals surface area (Å²) in [6.45, 7) is 0. The SMILES string of the molecule is O=C(Nc1cccnn1)c1nccn2cc(-c3ccccc3C(F)(F)F)nc12. The molecule has 3 heterocycles. The van der Waals surface area contributed by atoms with Gasteiger partial charge in [0.15, 0.2) is 17.2 Å². The molecule has 1 amide bonds. The van der Waals surface area contributed by atoms with Crippen LogP contribution in [-0.4, -0.2) is 30.5 Å². The van der Waals surface area contributed by atoms with Crippen LogP contribution < -0.4 is 5.32 Å². The number of benzene rings is 1. The first kappa shape index (κ1) is 17.6. The largest absolute Gasteiger partial charge is 0.417 e. The lowest BCUT2D eigenvalue weighted by Gasteiger charge is -2.10. The topological polar surface area (TPSA) is 85.1 Å². The van der Waals surface area contributed by atoms with Crippen molar-refractivity contribution in [3.8, 4) is 11.3 Å². The molecule has 0 saturated heterocycles. The van der Waals surface area contributed by atoms with Crippen molar-refractivity contribution < 1.29 is 18.0 Å². The second-order valence-electron chi connectivity index (χ2n) is 5.74. The van der Waals surface area contributed by atoms with Gasteiger partial charge < -0.3 is 9.72 Å². The molecule has 0 saturated carbocycles. The molecular formula is C18H11F3N6O. The predicted octanol–water partition coefficient (Wildman–Crippen LogP) is 3.46. The van der Waals surface area contributed by atoms with Crippen LogP contribution in [0.2, 0.25) is 0 Å². The fraction of sp³-hybridized carbons (Fsp3) is 0.0556. The second kappa shape index (κ2) is 6.72. The number of alkyl halides is 3. The number of hydrogen-bond acceptors (Lipinski definition) is 5. The summed E-state index contributed by atoms with van der Waals surface area (Å²) in [5.74, 6) is -0.391. The zero-order valence-electron chi connectivity index (χ0n) is 14.1. The highest BCUT2D eigenvalue weighted by Crippen LogP contribution is 2.36. The van der Waals surface area contributed by atoms with Crippen LogP contribution in [0.25, 0.3) is 16.9 Å². The first-order valence-corrected chi connectivity index (χ1v) is 8.03. The Morgan fingerprint density at radius 3 is 2.64 bits per heavy atom. The molecule has 1 N–H and O–H groups in total. The van der Waals surface area contributed by atoms with Crippen LogP contribution in [0.5, 0.6) is 0 Å². The van der Waals surface area contributed by atoms with Gasteiger partial charge in [-0.05, 0) is 18.2 Å². The van der Waals surface area contributed by atoms with Gasteiger partial charge in [0.05, 0.1) is 11.3 Å². The Morgan fingerprint density at radius 1 is 1.07 bits per heavy atom. The number of fused-ring (bicyclic) bond motifs is 1. The Balaban J connectivity index is 1.78. The van der Waals surface area contributed by atoms with E-state index >= 15 is 0 Å². The molecule has 7 nitrogen and oxygen atoms in total. The van der Waals surface area contributed by atoms with E-state index in [1.165, 1.54) is 47.4 Å². The number of imidazole rings is 1. The summed E-state index contributed by atoms with van der Waals surface area (Å²) >= 11 is 0. The molecule has 28 heavy (non-hydrogen) atoms. The molecule has 0 spiro atoms. The van der Waals surface area contributed by atoms with Crippen molar-refractivity contribution in [2.24, 2.45) is 0 Å². The molecule has 3 aromatic heterocycles. The minimum Gasteiger partial charge on any atom is -0.304 e. The number of anilines is 1. The van der Waals surface area contributed by atoms with Gasteiger partial charge in [0.1, 0.15) is 0 Å². The minimum atomic E-state index is -4.53. The van der Waals surface area contributed by atoms with E-state index in [2.05, 4.69) is 25.5 Å². The summed E-state index contributed by atoms with van der Waals surface area (Å²) in [5, 5.41) is 9.94. The molecule has 0 aliphatic carbocycles. The highest BCUT2D eigenvalue weighted by molar-refractivity contribution is 6.06. The third-order valence-electron chi connectivity index (χ3n) is 3.91. The highest BCUT2D eigenvalue weighted by Gasteiger charge is 2.34. The van der Waals surface area contributed by atoms with E-state index in [4.69, 9.17) is 0 Å². The predicted molar refractivity (Wildman–Crippen MR) is 93.4 cm³/mol. The Morgan fingerprint density at radius 2 is 1.89 bits per heavy atom. The van der Waals surface area contributed by atoms with E-state index in [0.717, 1.165) is 6.07 Å². The van der Waals surface area contributed by atoms with Gasteiger partial charge in [-0.3, -0.25) is 4.79 Å². The number of nitrogens with zero attached hydrogens (tertiary/aromatic N) is 5. The zero-order valence-corrected chi connectivity index (χ0v) is 14.1. The molecule has 10 heteroatoms. The monoisotopic (exact) mass is 384 g/mol. The van der Waals surface area contributed by atoms with Gasteiger partial charge in [0.2, 0.25) is 0 Å². The van der Waals surface area contributed by atoms with Crippen molar-refractivity contribution in [1.29, 1.82) is 0 Å². The number of halogens is 3. The first-order valence-electron chi connectivity index (χ1n) is 8.03. The number of nitrogens with one attached hydrogen (secondary N) is 1. The standard InChI is InChI=1S/C18H11F3N6O/c19-18(20,21)12-5-2-1-4-11(12)13-10-27-9-8-22-15(16(27)24-13)17(28)25-14-6-3-7-23-26-14/h1-10H,(H,25,26,28). The summed E-state index contributed by atoms with van der Waals surface area (Å²) in [6.07, 6.45) is 1.20. The summed E-state index contributed by atoms with van der Waals surface area (Å²) in [4.78, 5) is 20.8. The Labute approximate surface area is 155 Å². The summed E-state index contributed by atoms with van der Waals surface area (Å²) < 4.78 is 41.4. The second-order valence-corrected chi connectivity index (χ2v) is 5.74. The molecule has 0 bridgehead atoms. The quantitative estimate of drug-likeness (QED) is 0.585. The summed E-state index contributed by atoms with van der Waals surface area (Å²) in [5.41, 5.74) is -0.745. The van der Waals surface area contributed by atoms with E-state index in [-0.39, 0.29) is 28.4 Å². The van der Waals surface area contributed by atoms with E-state index in [1.54, 1.807) is 12.1 Å². The molecule has 1 aromatic carbocycles. The number of amides is 1. The lowest BCUT2D eigenvalue weighted by molar-refractivity contribution is -0.137. The average Bonchev–Trinajstić information content (AvgIpc) is 3.12. The van der Waals surface area contributed by atoms with Crippen LogP contribution in [-0.2, 0) is 6.18 Å². The van der Waals surface area contributed by atoms with Crippen molar-refractivity contribution in [3.63, 3.8) is 0 Å². The van der Waals surface area contributed by atoms with Crippen LogP contribution in [0.4, 0.5) is 19.0 Å². The number of aromatic nitrogens is 5. The molecule has 0 aliphatic rings. The van der Waals surface area contributed by atoms with Gasteiger partial charge >= 0.3 is 6.18 Å². The molecule has 140 valence electrons. The molecule has 4 aromatic rings. The number of carbonyl (C=O) groups excluding carboxylic acids is 1. The van der Waals surface area contributed by atoms with Gasteiger partial charge in [-0.1, -0.05) is 18.2 Å². The van der Waals surface area contributed by atoms with Gasteiger partial charge in [-0.2, -0.15) is 18.3 Å². The van der Waals surface area contributed by atoms with Crippen LogP contribution >= 0.6 is 0 Å². The third-order valence-corrected chi connectivity index (χ3v) is 3.91. The maximum Gasteiger partial charge on any atom is 0.417 e. The third kappa shape index (κ3) is 3.27. The fourth-order valence-corrected chi connectivity index (χ4v) is 2.71. The van der Waals surface area contributed by atoms with E-state index in [9.17, 15) is 18.0 Å². The minimum absolute atomic E-state index is 0.0520. The van der Waals surface area contributed by atoms with E-state index < -0.39 is 17.6 Å². The zero-order chi connectivity index (χ0) is 19.7. The molecule has 4 rings (SSSR count). The molecule has 0 aliphatic heterocycles. The van der Waals surface area contributed by atoms with Gasteiger partial charge in [-0.25, -0.2) is 9.97 Å². The first-order chi connectivity index (χ1) is 13.4. The van der Waals surface area contributed by atoms with Crippen molar-refractivity contribution in [3.05, 3.63) is 72.4 Å². The van der Waals surface area contributed by atoms with Gasteiger partial charge in [0, 0.05) is 30.4 Å². The number of rotatable bonds is 3. The van der Waals surface area contributed by atoms with E-state index in [0.29, 0.717) is 0 Å². The number of carbonyl (C=O) groups is 1. The summed E-state index contributed by atoms with van der Waals surface area (Å²) in [7, 11) is 0. The van der Waals surface area contributed by atoms with E-state index in [1.807, 2.05) is 0 Å². The molecule has 0 radical (unpaired) electrons. The highest BCUT2D eigenvalue weighted by atomic mass is 19.4. The normalized spacial score (nSPS) is 11.5. The number of hydrogen-bond donors (Lipinski definition) is 1. The lowest BCUT2D eigenvalue weighted by Crippen LogP contribution is -2.16. The van der Waals surface area contributed by atoms with Gasteiger partial charge in [0.25, 0.3) is 5.91 Å². The smallest absolute Gasteiger partial charge is 0.304 e. The van der Waals surface area contributed by atoms with Crippen molar-refractivity contribution in [2.45, 2.75) is 6.18 Å². The molecule has 0 atom stereocenters. The molecule has 0 unspecified atom stereocenters. The van der Waals surface area contributed by atoms with Crippen LogP contribution in [0.1, 0.15) is 16.1 Å². The lowest BCUT2D eigenvalue weighted by atomic mass is 10.1. The van der Waals surface area contributed by atoms with Crippen molar-refractivity contribution in [1.82, 2.24) is 24.6 Å². The molecule has 0 fully saturated rings. The Bertz CT molecular complexity index is 1160.